The fourth-order valence-corrected chi connectivity index (χ4v) is 2.11. The summed E-state index contributed by atoms with van der Waals surface area (Å²) < 4.78 is 5.01. The zero-order valence-corrected chi connectivity index (χ0v) is 12.1. The van der Waals surface area contributed by atoms with Crippen LogP contribution >= 0.6 is 11.6 Å². The molecule has 0 heterocycles. The van der Waals surface area contributed by atoms with E-state index in [9.17, 15) is 20.0 Å². The molecular formula is C14H11ClN2O5. The maximum Gasteiger partial charge on any atom is 0.339 e. The van der Waals surface area contributed by atoms with Crippen LogP contribution < -0.4 is 10.1 Å². The summed E-state index contributed by atoms with van der Waals surface area (Å²) in [6.07, 6.45) is 0. The second kappa shape index (κ2) is 6.31. The number of methoxy groups -OCH3 is 1. The van der Waals surface area contributed by atoms with Crippen LogP contribution in [0.3, 0.4) is 0 Å². The SMILES string of the molecule is COc1ccc(Nc2c([N+](=O)[O-])ccc(Cl)c2C(=O)O)cc1. The van der Waals surface area contributed by atoms with Crippen molar-refractivity contribution in [1.29, 1.82) is 0 Å². The molecule has 8 heteroatoms. The quantitative estimate of drug-likeness (QED) is 0.643. The van der Waals surface area contributed by atoms with Gasteiger partial charge in [0.05, 0.1) is 17.1 Å². The molecule has 0 spiro atoms. The molecule has 0 aliphatic carbocycles. The summed E-state index contributed by atoms with van der Waals surface area (Å²) in [5.41, 5.74) is -0.437. The van der Waals surface area contributed by atoms with E-state index in [0.717, 1.165) is 6.07 Å². The lowest BCUT2D eigenvalue weighted by atomic mass is 10.1. The van der Waals surface area contributed by atoms with Crippen LogP contribution in [0, 0.1) is 10.1 Å². The van der Waals surface area contributed by atoms with Crippen LogP contribution in [0.2, 0.25) is 5.02 Å². The Kier molecular flexibility index (Phi) is 4.47. The third-order valence-corrected chi connectivity index (χ3v) is 3.22. The van der Waals surface area contributed by atoms with E-state index in [1.165, 1.54) is 13.2 Å². The molecular weight excluding hydrogens is 312 g/mol. The summed E-state index contributed by atoms with van der Waals surface area (Å²) in [7, 11) is 1.51. The zero-order valence-electron chi connectivity index (χ0n) is 11.4. The van der Waals surface area contributed by atoms with Gasteiger partial charge in [0.2, 0.25) is 0 Å². The summed E-state index contributed by atoms with van der Waals surface area (Å²) in [5.74, 6) is -0.755. The Morgan fingerprint density at radius 3 is 2.41 bits per heavy atom. The molecule has 2 N–H and O–H groups in total. The van der Waals surface area contributed by atoms with Crippen molar-refractivity contribution in [2.24, 2.45) is 0 Å². The van der Waals surface area contributed by atoms with E-state index in [-0.39, 0.29) is 22.0 Å². The lowest BCUT2D eigenvalue weighted by molar-refractivity contribution is -0.383. The number of hydrogen-bond acceptors (Lipinski definition) is 5. The van der Waals surface area contributed by atoms with Crippen LogP contribution in [0.25, 0.3) is 0 Å². The highest BCUT2D eigenvalue weighted by Gasteiger charge is 2.24. The van der Waals surface area contributed by atoms with E-state index >= 15 is 0 Å². The Balaban J connectivity index is 2.53. The van der Waals surface area contributed by atoms with E-state index in [1.807, 2.05) is 0 Å². The predicted molar refractivity (Wildman–Crippen MR) is 81.3 cm³/mol. The highest BCUT2D eigenvalue weighted by atomic mass is 35.5. The lowest BCUT2D eigenvalue weighted by Gasteiger charge is -2.11. The number of carboxylic acids is 1. The standard InChI is InChI=1S/C14H11ClN2O5/c1-22-9-4-2-8(3-5-9)16-13-11(17(20)21)7-6-10(15)12(13)14(18)19/h2-7,16H,1H3,(H,18,19). The van der Waals surface area contributed by atoms with Gasteiger partial charge >= 0.3 is 5.97 Å². The maximum absolute atomic E-state index is 11.3. The van der Waals surface area contributed by atoms with Crippen molar-refractivity contribution in [1.82, 2.24) is 0 Å². The Morgan fingerprint density at radius 2 is 1.91 bits per heavy atom. The number of halogens is 1. The molecule has 0 bridgehead atoms. The number of aromatic carboxylic acids is 1. The molecule has 0 saturated heterocycles. The first-order valence-electron chi connectivity index (χ1n) is 6.05. The van der Waals surface area contributed by atoms with Crippen LogP contribution in [0.1, 0.15) is 10.4 Å². The number of nitrogens with zero attached hydrogens (tertiary/aromatic N) is 1. The third kappa shape index (κ3) is 3.09. The Labute approximate surface area is 130 Å². The lowest BCUT2D eigenvalue weighted by Crippen LogP contribution is -2.07. The van der Waals surface area contributed by atoms with Crippen LogP contribution in [0.15, 0.2) is 36.4 Å². The molecule has 2 rings (SSSR count). The molecule has 0 aromatic heterocycles. The first-order valence-corrected chi connectivity index (χ1v) is 6.43. The molecule has 0 aliphatic rings. The van der Waals surface area contributed by atoms with Crippen LogP contribution in [-0.4, -0.2) is 23.1 Å². The summed E-state index contributed by atoms with van der Waals surface area (Å²) in [5, 5.41) is 23.0. The van der Waals surface area contributed by atoms with Gasteiger partial charge in [0.1, 0.15) is 17.0 Å². The van der Waals surface area contributed by atoms with Crippen LogP contribution in [-0.2, 0) is 0 Å². The second-order valence-corrected chi connectivity index (χ2v) is 4.64. The van der Waals surface area contributed by atoms with Crippen LogP contribution in [0.5, 0.6) is 5.75 Å². The number of nitro groups is 1. The van der Waals surface area contributed by atoms with E-state index in [4.69, 9.17) is 16.3 Å². The maximum atomic E-state index is 11.3. The number of anilines is 2. The first kappa shape index (κ1) is 15.6. The molecule has 0 aliphatic heterocycles. The normalized spacial score (nSPS) is 10.1. The molecule has 0 radical (unpaired) electrons. The Morgan fingerprint density at radius 1 is 1.27 bits per heavy atom. The van der Waals surface area contributed by atoms with Gasteiger partial charge in [0, 0.05) is 11.8 Å². The van der Waals surface area contributed by atoms with Gasteiger partial charge in [0.15, 0.2) is 0 Å². The fourth-order valence-electron chi connectivity index (χ4n) is 1.87. The molecule has 0 unspecified atom stereocenters. The average molecular weight is 323 g/mol. The number of ether oxygens (including phenoxy) is 1. The summed E-state index contributed by atoms with van der Waals surface area (Å²) in [4.78, 5) is 21.8. The second-order valence-electron chi connectivity index (χ2n) is 4.23. The molecule has 0 atom stereocenters. The molecule has 22 heavy (non-hydrogen) atoms. The van der Waals surface area contributed by atoms with Gasteiger partial charge in [-0.15, -0.1) is 0 Å². The molecule has 0 fully saturated rings. The first-order chi connectivity index (χ1) is 10.4. The van der Waals surface area contributed by atoms with Crippen molar-refractivity contribution in [3.63, 3.8) is 0 Å². The van der Waals surface area contributed by atoms with E-state index in [1.54, 1.807) is 24.3 Å². The Bertz CT molecular complexity index is 731. The smallest absolute Gasteiger partial charge is 0.339 e. The summed E-state index contributed by atoms with van der Waals surface area (Å²) in [6.45, 7) is 0. The molecule has 114 valence electrons. The Hall–Kier alpha value is -2.80. The average Bonchev–Trinajstić information content (AvgIpc) is 2.47. The number of benzene rings is 2. The van der Waals surface area contributed by atoms with E-state index < -0.39 is 10.9 Å². The predicted octanol–water partition coefficient (Wildman–Crippen LogP) is 3.70. The summed E-state index contributed by atoms with van der Waals surface area (Å²) in [6, 6.07) is 8.82. The summed E-state index contributed by atoms with van der Waals surface area (Å²) >= 11 is 5.85. The van der Waals surface area contributed by atoms with Gasteiger partial charge in [0.25, 0.3) is 5.69 Å². The number of rotatable bonds is 5. The minimum atomic E-state index is -1.36. The third-order valence-electron chi connectivity index (χ3n) is 2.90. The van der Waals surface area contributed by atoms with Crippen molar-refractivity contribution in [3.8, 4) is 5.75 Å². The molecule has 2 aromatic carbocycles. The molecule has 7 nitrogen and oxygen atoms in total. The highest BCUT2D eigenvalue weighted by Crippen LogP contribution is 2.36. The number of nitro benzene ring substituents is 1. The van der Waals surface area contributed by atoms with E-state index in [2.05, 4.69) is 5.32 Å². The monoisotopic (exact) mass is 322 g/mol. The minimum Gasteiger partial charge on any atom is -0.497 e. The molecule has 0 amide bonds. The van der Waals surface area contributed by atoms with E-state index in [0.29, 0.717) is 11.4 Å². The topological polar surface area (TPSA) is 102 Å². The van der Waals surface area contributed by atoms with Crippen molar-refractivity contribution >= 4 is 34.6 Å². The van der Waals surface area contributed by atoms with Crippen LogP contribution in [0.4, 0.5) is 17.1 Å². The van der Waals surface area contributed by atoms with Gasteiger partial charge in [-0.05, 0) is 30.3 Å². The number of carboxylic acid groups (broad SMARTS) is 1. The zero-order chi connectivity index (χ0) is 16.3. The van der Waals surface area contributed by atoms with Gasteiger partial charge in [-0.1, -0.05) is 11.6 Å². The van der Waals surface area contributed by atoms with Crippen molar-refractivity contribution < 1.29 is 19.6 Å². The highest BCUT2D eigenvalue weighted by molar-refractivity contribution is 6.34. The minimum absolute atomic E-state index is 0.0888. The largest absolute Gasteiger partial charge is 0.497 e. The van der Waals surface area contributed by atoms with Gasteiger partial charge < -0.3 is 15.2 Å². The van der Waals surface area contributed by atoms with Gasteiger partial charge in [-0.2, -0.15) is 0 Å². The van der Waals surface area contributed by atoms with Gasteiger partial charge in [-0.25, -0.2) is 4.79 Å². The van der Waals surface area contributed by atoms with Crippen molar-refractivity contribution in [2.75, 3.05) is 12.4 Å². The van der Waals surface area contributed by atoms with Crippen molar-refractivity contribution in [2.45, 2.75) is 0 Å². The fraction of sp³-hybridized carbons (Fsp3) is 0.0714. The van der Waals surface area contributed by atoms with Gasteiger partial charge in [-0.3, -0.25) is 10.1 Å². The number of hydrogen-bond donors (Lipinski definition) is 2. The number of carbonyl (C=O) groups is 1. The molecule has 0 saturated carbocycles. The van der Waals surface area contributed by atoms with Crippen molar-refractivity contribution in [3.05, 3.63) is 57.1 Å². The molecule has 2 aromatic rings. The number of nitrogens with one attached hydrogen (secondary N) is 1.